The zero-order chi connectivity index (χ0) is 10.0. The van der Waals surface area contributed by atoms with Gasteiger partial charge in [0.2, 0.25) is 0 Å². The van der Waals surface area contributed by atoms with Crippen LogP contribution < -0.4 is 16.8 Å². The second-order valence-electron chi connectivity index (χ2n) is 2.89. The second kappa shape index (κ2) is 3.08. The smallest absolute Gasteiger partial charge is 0.195 e. The van der Waals surface area contributed by atoms with Gasteiger partial charge in [-0.2, -0.15) is 0 Å². The Hall–Kier alpha value is -1.95. The van der Waals surface area contributed by atoms with Crippen molar-refractivity contribution in [3.63, 3.8) is 0 Å². The quantitative estimate of drug-likeness (QED) is 0.528. The van der Waals surface area contributed by atoms with Gasteiger partial charge >= 0.3 is 0 Å². The number of rotatable bonds is 1. The fourth-order valence-corrected chi connectivity index (χ4v) is 1.17. The maximum absolute atomic E-state index is 5.97. The predicted molar refractivity (Wildman–Crippen MR) is 51.8 cm³/mol. The molecule has 1 aromatic heterocycles. The largest absolute Gasteiger partial charge is 0.370 e. The first-order valence-electron chi connectivity index (χ1n) is 4.06. The number of nitrogens with zero attached hydrogens (tertiary/aromatic N) is 3. The first-order chi connectivity index (χ1) is 6.71. The van der Waals surface area contributed by atoms with E-state index in [1.165, 1.54) is 0 Å². The summed E-state index contributed by atoms with van der Waals surface area (Å²) in [6.45, 7) is 0. The summed E-state index contributed by atoms with van der Waals surface area (Å²) in [5, 5.41) is 2.73. The van der Waals surface area contributed by atoms with Gasteiger partial charge in [0.15, 0.2) is 11.6 Å². The number of guanidine groups is 1. The van der Waals surface area contributed by atoms with Gasteiger partial charge in [-0.3, -0.25) is 15.7 Å². The molecule has 6 heteroatoms. The average molecular weight is 190 g/mol. The van der Waals surface area contributed by atoms with Gasteiger partial charge < -0.3 is 11.1 Å². The van der Waals surface area contributed by atoms with Crippen molar-refractivity contribution in [2.75, 3.05) is 0 Å². The molecule has 1 aromatic rings. The molecule has 6 nitrogen and oxygen atoms in total. The van der Waals surface area contributed by atoms with Gasteiger partial charge in [-0.15, -0.1) is 0 Å². The molecular weight excluding hydrogens is 180 g/mol. The van der Waals surface area contributed by atoms with E-state index in [9.17, 15) is 0 Å². The molecule has 0 aliphatic carbocycles. The van der Waals surface area contributed by atoms with Gasteiger partial charge in [0.05, 0.1) is 6.20 Å². The molecule has 1 atom stereocenters. The lowest BCUT2D eigenvalue weighted by atomic mass is 10.1. The van der Waals surface area contributed by atoms with Crippen LogP contribution in [-0.4, -0.2) is 15.9 Å². The van der Waals surface area contributed by atoms with Gasteiger partial charge in [-0.05, 0) is 6.08 Å². The number of hydrogen-bond acceptors (Lipinski definition) is 6. The molecule has 1 aliphatic heterocycles. The second-order valence-corrected chi connectivity index (χ2v) is 2.89. The number of nitrogens with one attached hydrogen (secondary N) is 1. The molecule has 0 saturated carbocycles. The zero-order valence-corrected chi connectivity index (χ0v) is 7.38. The number of nitrogens with two attached hydrogens (primary N) is 2. The molecule has 0 bridgehead atoms. The third kappa shape index (κ3) is 1.42. The number of hydrogen-bond donors (Lipinski definition) is 3. The summed E-state index contributed by atoms with van der Waals surface area (Å²) < 4.78 is 0. The Morgan fingerprint density at radius 1 is 1.36 bits per heavy atom. The van der Waals surface area contributed by atoms with Crippen LogP contribution in [0.1, 0.15) is 5.69 Å². The van der Waals surface area contributed by atoms with E-state index in [0.717, 1.165) is 0 Å². The molecule has 0 aromatic carbocycles. The summed E-state index contributed by atoms with van der Waals surface area (Å²) in [6.07, 6.45) is 8.01. The average Bonchev–Trinajstić information content (AvgIpc) is 2.19. The molecule has 0 amide bonds. The van der Waals surface area contributed by atoms with Crippen LogP contribution in [0.4, 0.5) is 0 Å². The van der Waals surface area contributed by atoms with Crippen molar-refractivity contribution in [1.29, 1.82) is 0 Å². The van der Waals surface area contributed by atoms with Crippen LogP contribution >= 0.6 is 0 Å². The lowest BCUT2D eigenvalue weighted by Crippen LogP contribution is -2.42. The monoisotopic (exact) mass is 190 g/mol. The topological polar surface area (TPSA) is 102 Å². The normalized spacial score (nSPS) is 25.4. The van der Waals surface area contributed by atoms with Crippen molar-refractivity contribution in [1.82, 2.24) is 15.3 Å². The van der Waals surface area contributed by atoms with E-state index >= 15 is 0 Å². The minimum Gasteiger partial charge on any atom is -0.370 e. The highest BCUT2D eigenvalue weighted by atomic mass is 15.2. The Balaban J connectivity index is 2.42. The maximum atomic E-state index is 5.97. The molecule has 72 valence electrons. The van der Waals surface area contributed by atoms with E-state index in [-0.39, 0.29) is 5.96 Å². The van der Waals surface area contributed by atoms with Crippen LogP contribution in [0.5, 0.6) is 0 Å². The summed E-state index contributed by atoms with van der Waals surface area (Å²) in [7, 11) is 0. The molecule has 0 radical (unpaired) electrons. The summed E-state index contributed by atoms with van der Waals surface area (Å²) in [5.74, 6) is 0.264. The molecule has 14 heavy (non-hydrogen) atoms. The van der Waals surface area contributed by atoms with Crippen LogP contribution in [0.25, 0.3) is 0 Å². The molecule has 5 N–H and O–H groups in total. The molecule has 1 unspecified atom stereocenters. The van der Waals surface area contributed by atoms with Crippen LogP contribution in [0.15, 0.2) is 35.9 Å². The Labute approximate surface area is 80.8 Å². The molecule has 2 rings (SSSR count). The number of aliphatic imine (C=N–C) groups is 1. The molecule has 0 saturated heterocycles. The minimum absolute atomic E-state index is 0.264. The Kier molecular flexibility index (Phi) is 1.90. The number of aromatic nitrogens is 2. The van der Waals surface area contributed by atoms with Crippen LogP contribution in [0.3, 0.4) is 0 Å². The fourth-order valence-electron chi connectivity index (χ4n) is 1.17. The predicted octanol–water partition coefficient (Wildman–Crippen LogP) is -0.980. The molecular formula is C8H10N6. The Morgan fingerprint density at radius 2 is 2.21 bits per heavy atom. The van der Waals surface area contributed by atoms with Gasteiger partial charge in [0.1, 0.15) is 5.69 Å². The van der Waals surface area contributed by atoms with E-state index in [2.05, 4.69) is 20.3 Å². The third-order valence-electron chi connectivity index (χ3n) is 1.85. The Morgan fingerprint density at radius 3 is 2.86 bits per heavy atom. The molecule has 1 aliphatic rings. The van der Waals surface area contributed by atoms with Crippen molar-refractivity contribution in [3.05, 3.63) is 36.6 Å². The van der Waals surface area contributed by atoms with Crippen LogP contribution in [0.2, 0.25) is 0 Å². The standard InChI is InChI=1S/C8H10N6/c9-7-13-2-1-8(10,14-7)6-5-11-3-4-12-6/h1-5H,10H2,(H3,9,13,14). The van der Waals surface area contributed by atoms with Crippen molar-refractivity contribution < 1.29 is 0 Å². The summed E-state index contributed by atoms with van der Waals surface area (Å²) in [6, 6.07) is 0. The van der Waals surface area contributed by atoms with E-state index in [1.54, 1.807) is 30.9 Å². The van der Waals surface area contributed by atoms with E-state index in [1.807, 2.05) is 0 Å². The molecule has 0 spiro atoms. The Bertz CT molecular complexity index is 384. The van der Waals surface area contributed by atoms with Gasteiger partial charge in [-0.25, -0.2) is 4.99 Å². The molecule has 0 fully saturated rings. The first kappa shape index (κ1) is 8.64. The summed E-state index contributed by atoms with van der Waals surface area (Å²) in [5.41, 5.74) is 11.0. The van der Waals surface area contributed by atoms with Crippen molar-refractivity contribution in [2.45, 2.75) is 5.66 Å². The van der Waals surface area contributed by atoms with Gasteiger partial charge in [0, 0.05) is 18.6 Å². The zero-order valence-electron chi connectivity index (χ0n) is 7.38. The van der Waals surface area contributed by atoms with Crippen molar-refractivity contribution in [3.8, 4) is 0 Å². The lowest BCUT2D eigenvalue weighted by molar-refractivity contribution is 0.558. The highest BCUT2D eigenvalue weighted by Crippen LogP contribution is 2.19. The summed E-state index contributed by atoms with van der Waals surface area (Å²) in [4.78, 5) is 12.1. The highest BCUT2D eigenvalue weighted by molar-refractivity contribution is 5.80. The fraction of sp³-hybridized carbons (Fsp3) is 0.125. The van der Waals surface area contributed by atoms with Gasteiger partial charge in [-0.1, -0.05) is 0 Å². The van der Waals surface area contributed by atoms with Gasteiger partial charge in [0.25, 0.3) is 0 Å². The minimum atomic E-state index is -1.01. The van der Waals surface area contributed by atoms with E-state index in [4.69, 9.17) is 11.5 Å². The summed E-state index contributed by atoms with van der Waals surface area (Å²) >= 11 is 0. The molecule has 2 heterocycles. The van der Waals surface area contributed by atoms with E-state index < -0.39 is 5.66 Å². The third-order valence-corrected chi connectivity index (χ3v) is 1.85. The van der Waals surface area contributed by atoms with Crippen molar-refractivity contribution in [2.24, 2.45) is 16.5 Å². The van der Waals surface area contributed by atoms with E-state index in [0.29, 0.717) is 5.69 Å². The van der Waals surface area contributed by atoms with Crippen LogP contribution in [-0.2, 0) is 5.66 Å². The van der Waals surface area contributed by atoms with Crippen molar-refractivity contribution >= 4 is 5.96 Å². The highest BCUT2D eigenvalue weighted by Gasteiger charge is 2.27. The maximum Gasteiger partial charge on any atom is 0.195 e. The SMILES string of the molecule is NC1=NC(N)(c2cnccn2)C=CN1. The first-order valence-corrected chi connectivity index (χ1v) is 4.06. The lowest BCUT2D eigenvalue weighted by Gasteiger charge is -2.23. The van der Waals surface area contributed by atoms with Crippen LogP contribution in [0, 0.1) is 0 Å².